The highest BCUT2D eigenvalue weighted by Gasteiger charge is 2.15. The predicted molar refractivity (Wildman–Crippen MR) is 174 cm³/mol. The van der Waals surface area contributed by atoms with Crippen molar-refractivity contribution in [2.24, 2.45) is 7.05 Å². The molecule has 2 heterocycles. The molecule has 2 amide bonds. The first-order valence-electron chi connectivity index (χ1n) is 13.3. The number of anilines is 2. The van der Waals surface area contributed by atoms with Gasteiger partial charge in [-0.05, 0) is 52.7 Å². The number of rotatable bonds is 10. The third-order valence-electron chi connectivity index (χ3n) is 6.49. The average molecular weight is 624 g/mol. The van der Waals surface area contributed by atoms with E-state index < -0.39 is 0 Å². The highest BCUT2D eigenvalue weighted by atomic mass is 32.2. The third-order valence-corrected chi connectivity index (χ3v) is 9.53. The van der Waals surface area contributed by atoms with Gasteiger partial charge in [0.1, 0.15) is 0 Å². The fourth-order valence-corrected chi connectivity index (χ4v) is 6.83. The molecular formula is C31H25N7O2S3. The van der Waals surface area contributed by atoms with E-state index in [-0.39, 0.29) is 17.6 Å². The minimum Gasteiger partial charge on any atom is -0.322 e. The van der Waals surface area contributed by atoms with Crippen LogP contribution in [0.15, 0.2) is 107 Å². The van der Waals surface area contributed by atoms with E-state index >= 15 is 0 Å². The van der Waals surface area contributed by atoms with E-state index in [9.17, 15) is 9.59 Å². The molecule has 0 aliphatic carbocycles. The monoisotopic (exact) mass is 623 g/mol. The number of nitrogens with zero attached hydrogens (tertiary/aromatic N) is 5. The molecule has 214 valence electrons. The van der Waals surface area contributed by atoms with E-state index in [1.165, 1.54) is 39.4 Å². The molecule has 43 heavy (non-hydrogen) atoms. The second-order valence-corrected chi connectivity index (χ2v) is 12.5. The maximum absolute atomic E-state index is 12.6. The van der Waals surface area contributed by atoms with Crippen LogP contribution in [0.3, 0.4) is 0 Å². The van der Waals surface area contributed by atoms with E-state index in [1.54, 1.807) is 23.9 Å². The van der Waals surface area contributed by atoms with Crippen molar-refractivity contribution in [2.75, 3.05) is 16.4 Å². The molecule has 6 rings (SSSR count). The van der Waals surface area contributed by atoms with Crippen LogP contribution in [-0.2, 0) is 17.6 Å². The zero-order valence-electron chi connectivity index (χ0n) is 22.9. The third kappa shape index (κ3) is 6.94. The molecule has 4 aromatic carbocycles. The fourth-order valence-electron chi connectivity index (χ4n) is 4.35. The fraction of sp³-hybridized carbons (Fsp3) is 0.0968. The van der Waals surface area contributed by atoms with Crippen molar-refractivity contribution in [1.82, 2.24) is 25.0 Å². The van der Waals surface area contributed by atoms with Crippen LogP contribution >= 0.6 is 34.9 Å². The van der Waals surface area contributed by atoms with Gasteiger partial charge < -0.3 is 9.88 Å². The van der Waals surface area contributed by atoms with Crippen molar-refractivity contribution in [2.45, 2.75) is 15.2 Å². The minimum absolute atomic E-state index is 0.147. The van der Waals surface area contributed by atoms with Crippen molar-refractivity contribution in [3.8, 4) is 11.4 Å². The van der Waals surface area contributed by atoms with Crippen molar-refractivity contribution in [3.63, 3.8) is 0 Å². The molecule has 0 aliphatic heterocycles. The first-order chi connectivity index (χ1) is 21.0. The van der Waals surface area contributed by atoms with Gasteiger partial charge in [0.25, 0.3) is 5.91 Å². The van der Waals surface area contributed by atoms with Crippen LogP contribution in [0.5, 0.6) is 0 Å². The Morgan fingerprint density at radius 1 is 0.791 bits per heavy atom. The Kier molecular flexibility index (Phi) is 8.77. The van der Waals surface area contributed by atoms with Gasteiger partial charge in [0.05, 0.1) is 5.75 Å². The topological polar surface area (TPSA) is 115 Å². The van der Waals surface area contributed by atoms with Gasteiger partial charge in [-0.1, -0.05) is 95.5 Å². The number of carbonyl (C=O) groups is 2. The number of aromatic nitrogens is 5. The van der Waals surface area contributed by atoms with Crippen LogP contribution in [0, 0.1) is 0 Å². The summed E-state index contributed by atoms with van der Waals surface area (Å²) in [6.07, 6.45) is 0. The van der Waals surface area contributed by atoms with Crippen LogP contribution in [0.4, 0.5) is 10.8 Å². The molecule has 2 N–H and O–H groups in total. The summed E-state index contributed by atoms with van der Waals surface area (Å²) in [6.45, 7) is 0. The first-order valence-corrected chi connectivity index (χ1v) is 16.0. The lowest BCUT2D eigenvalue weighted by molar-refractivity contribution is -0.113. The van der Waals surface area contributed by atoms with E-state index in [0.717, 1.165) is 15.7 Å². The molecule has 0 bridgehead atoms. The molecule has 0 fully saturated rings. The summed E-state index contributed by atoms with van der Waals surface area (Å²) in [6, 6.07) is 31.0. The molecule has 0 spiro atoms. The second kappa shape index (κ2) is 13.2. The smallest absolute Gasteiger partial charge is 0.255 e. The summed E-state index contributed by atoms with van der Waals surface area (Å²) in [4.78, 5) is 25.1. The van der Waals surface area contributed by atoms with Gasteiger partial charge in [-0.25, -0.2) is 0 Å². The molecular weight excluding hydrogens is 599 g/mol. The normalized spacial score (nSPS) is 11.0. The van der Waals surface area contributed by atoms with Crippen molar-refractivity contribution < 1.29 is 9.59 Å². The molecule has 0 saturated carbocycles. The SMILES string of the molecule is Cn1c(SCC(=O)Nc2nnc(SCc3cccc4ccccc34)s2)nnc1-c1ccc(NC(=O)c2ccccc2)cc1. The van der Waals surface area contributed by atoms with E-state index in [4.69, 9.17) is 0 Å². The summed E-state index contributed by atoms with van der Waals surface area (Å²) in [5.41, 5.74) is 3.34. The Hall–Kier alpha value is -4.52. The average Bonchev–Trinajstić information content (AvgIpc) is 3.65. The van der Waals surface area contributed by atoms with Crippen LogP contribution < -0.4 is 10.6 Å². The number of fused-ring (bicyclic) bond motifs is 1. The highest BCUT2D eigenvalue weighted by molar-refractivity contribution is 8.00. The summed E-state index contributed by atoms with van der Waals surface area (Å²) in [5.74, 6) is 1.19. The largest absolute Gasteiger partial charge is 0.322 e. The minimum atomic E-state index is -0.199. The molecule has 0 atom stereocenters. The number of hydrogen-bond donors (Lipinski definition) is 2. The number of thioether (sulfide) groups is 2. The molecule has 2 aromatic heterocycles. The van der Waals surface area contributed by atoms with Crippen LogP contribution in [0.2, 0.25) is 0 Å². The standard InChI is InChI=1S/C31H25N7O2S3/c1-38-27(21-14-16-24(17-15-21)32-28(40)22-9-3-2-4-10-22)34-36-30(38)41-19-26(39)33-29-35-37-31(43-29)42-18-23-12-7-11-20-8-5-6-13-25(20)23/h2-17H,18-19H2,1H3,(H,32,40)(H,33,35,39). The lowest BCUT2D eigenvalue weighted by Gasteiger charge is -2.07. The van der Waals surface area contributed by atoms with Crippen molar-refractivity contribution in [3.05, 3.63) is 108 Å². The number of amides is 2. The summed E-state index contributed by atoms with van der Waals surface area (Å²) < 4.78 is 2.63. The molecule has 0 radical (unpaired) electrons. The maximum atomic E-state index is 12.6. The predicted octanol–water partition coefficient (Wildman–Crippen LogP) is 6.76. The lowest BCUT2D eigenvalue weighted by Crippen LogP contribution is -2.14. The number of carbonyl (C=O) groups excluding carboxylic acids is 2. The quantitative estimate of drug-likeness (QED) is 0.127. The molecule has 0 aliphatic rings. The number of hydrogen-bond acceptors (Lipinski definition) is 9. The van der Waals surface area contributed by atoms with E-state index in [1.807, 2.05) is 66.2 Å². The molecule has 9 nitrogen and oxygen atoms in total. The molecule has 0 saturated heterocycles. The summed E-state index contributed by atoms with van der Waals surface area (Å²) in [5, 5.41) is 26.2. The Morgan fingerprint density at radius 2 is 1.56 bits per heavy atom. The summed E-state index contributed by atoms with van der Waals surface area (Å²) in [7, 11) is 1.85. The van der Waals surface area contributed by atoms with E-state index in [2.05, 4.69) is 61.4 Å². The first kappa shape index (κ1) is 28.6. The zero-order valence-corrected chi connectivity index (χ0v) is 25.4. The Labute approximate surface area is 260 Å². The van der Waals surface area contributed by atoms with E-state index in [0.29, 0.717) is 27.4 Å². The Morgan fingerprint density at radius 3 is 2.40 bits per heavy atom. The van der Waals surface area contributed by atoms with Crippen molar-refractivity contribution >= 4 is 68.3 Å². The maximum Gasteiger partial charge on any atom is 0.255 e. The van der Waals surface area contributed by atoms with Gasteiger partial charge in [0, 0.05) is 29.6 Å². The van der Waals surface area contributed by atoms with Crippen LogP contribution in [-0.4, -0.2) is 42.5 Å². The zero-order chi connectivity index (χ0) is 29.6. The van der Waals surface area contributed by atoms with Gasteiger partial charge in [-0.2, -0.15) is 0 Å². The number of benzene rings is 4. The van der Waals surface area contributed by atoms with Gasteiger partial charge in [-0.3, -0.25) is 14.9 Å². The number of nitrogens with one attached hydrogen (secondary N) is 2. The van der Waals surface area contributed by atoms with Crippen LogP contribution in [0.1, 0.15) is 15.9 Å². The summed E-state index contributed by atoms with van der Waals surface area (Å²) >= 11 is 4.24. The van der Waals surface area contributed by atoms with Crippen LogP contribution in [0.25, 0.3) is 22.2 Å². The molecule has 12 heteroatoms. The van der Waals surface area contributed by atoms with Crippen molar-refractivity contribution in [1.29, 1.82) is 0 Å². The van der Waals surface area contributed by atoms with Gasteiger partial charge >= 0.3 is 0 Å². The van der Waals surface area contributed by atoms with Gasteiger partial charge in [0.2, 0.25) is 11.0 Å². The molecule has 6 aromatic rings. The van der Waals surface area contributed by atoms with Gasteiger partial charge in [-0.15, -0.1) is 20.4 Å². The molecule has 0 unspecified atom stereocenters. The Balaban J connectivity index is 1.00. The van der Waals surface area contributed by atoms with Gasteiger partial charge in [0.15, 0.2) is 15.3 Å². The Bertz CT molecular complexity index is 1880. The lowest BCUT2D eigenvalue weighted by atomic mass is 10.1. The second-order valence-electron chi connectivity index (χ2n) is 9.40. The highest BCUT2D eigenvalue weighted by Crippen LogP contribution is 2.31.